The average molecular weight is 438 g/mol. The van der Waals surface area contributed by atoms with E-state index in [4.69, 9.17) is 4.74 Å². The van der Waals surface area contributed by atoms with Crippen LogP contribution in [0.4, 0.5) is 5.00 Å². The van der Waals surface area contributed by atoms with Crippen molar-refractivity contribution in [1.29, 1.82) is 5.26 Å². The van der Waals surface area contributed by atoms with E-state index in [1.807, 2.05) is 55.6 Å². The molecule has 0 spiro atoms. The van der Waals surface area contributed by atoms with Crippen molar-refractivity contribution in [3.8, 4) is 17.2 Å². The number of rotatable bonds is 6. The molecule has 0 aliphatic carbocycles. The van der Waals surface area contributed by atoms with Crippen LogP contribution in [-0.4, -0.2) is 29.7 Å². The number of carbonyl (C=O) groups excluding carboxylic acids is 2. The number of anilines is 1. The molecule has 2 aromatic heterocycles. The molecular formula is C22H19N3O3S2. The van der Waals surface area contributed by atoms with Crippen molar-refractivity contribution in [3.05, 3.63) is 64.2 Å². The van der Waals surface area contributed by atoms with Gasteiger partial charge in [-0.3, -0.25) is 4.79 Å². The highest BCUT2D eigenvalue weighted by Gasteiger charge is 2.22. The van der Waals surface area contributed by atoms with Crippen molar-refractivity contribution in [2.75, 3.05) is 18.2 Å². The number of thiophene rings is 1. The summed E-state index contributed by atoms with van der Waals surface area (Å²) in [6.45, 7) is 3.69. The molecule has 30 heavy (non-hydrogen) atoms. The van der Waals surface area contributed by atoms with Gasteiger partial charge in [-0.1, -0.05) is 42.1 Å². The number of amides is 1. The third-order valence-corrected chi connectivity index (χ3v) is 6.15. The molecule has 0 fully saturated rings. The number of esters is 1. The Morgan fingerprint density at radius 2 is 2.00 bits per heavy atom. The fourth-order valence-electron chi connectivity index (χ4n) is 2.92. The van der Waals surface area contributed by atoms with Gasteiger partial charge in [-0.25, -0.2) is 9.78 Å². The largest absolute Gasteiger partial charge is 0.465 e. The quantitative estimate of drug-likeness (QED) is 0.439. The maximum Gasteiger partial charge on any atom is 0.341 e. The van der Waals surface area contributed by atoms with Crippen LogP contribution in [0.2, 0.25) is 0 Å². The number of thioether (sulfide) groups is 1. The number of nitrogens with zero attached hydrogens (tertiary/aromatic N) is 2. The van der Waals surface area contributed by atoms with Crippen LogP contribution in [-0.2, 0) is 9.53 Å². The van der Waals surface area contributed by atoms with Crippen molar-refractivity contribution in [2.45, 2.75) is 18.9 Å². The van der Waals surface area contributed by atoms with Crippen LogP contribution in [0.1, 0.15) is 27.2 Å². The first-order valence-corrected chi connectivity index (χ1v) is 10.9. The number of hydrogen-bond donors (Lipinski definition) is 1. The third-order valence-electron chi connectivity index (χ3n) is 4.28. The maximum absolute atomic E-state index is 12.6. The molecule has 2 heterocycles. The lowest BCUT2D eigenvalue weighted by Crippen LogP contribution is -2.16. The van der Waals surface area contributed by atoms with Crippen molar-refractivity contribution in [1.82, 2.24) is 4.98 Å². The Morgan fingerprint density at radius 3 is 2.67 bits per heavy atom. The van der Waals surface area contributed by atoms with E-state index >= 15 is 0 Å². The Labute approximate surface area is 182 Å². The maximum atomic E-state index is 12.6. The Morgan fingerprint density at radius 1 is 1.27 bits per heavy atom. The Bertz CT molecular complexity index is 1130. The van der Waals surface area contributed by atoms with Gasteiger partial charge in [0.1, 0.15) is 21.7 Å². The topological polar surface area (TPSA) is 92.1 Å². The summed E-state index contributed by atoms with van der Waals surface area (Å²) in [7, 11) is 1.31. The fourth-order valence-corrected chi connectivity index (χ4v) is 4.80. The molecule has 0 unspecified atom stereocenters. The highest BCUT2D eigenvalue weighted by molar-refractivity contribution is 8.00. The lowest BCUT2D eigenvalue weighted by Gasteiger charge is -2.09. The standard InChI is InChI=1S/C22H19N3O3S2/c1-13-9-14(2)24-20(16(13)10-23)30-12-18(26)25-21-19(22(27)28-3)17(11-29-21)15-7-5-4-6-8-15/h4-9,11H,12H2,1-3H3,(H,25,26). The van der Waals surface area contributed by atoms with Crippen LogP contribution in [0.15, 0.2) is 46.8 Å². The minimum absolute atomic E-state index is 0.0593. The van der Waals surface area contributed by atoms with E-state index in [9.17, 15) is 14.9 Å². The second kappa shape index (κ2) is 9.57. The lowest BCUT2D eigenvalue weighted by atomic mass is 10.0. The summed E-state index contributed by atoms with van der Waals surface area (Å²) in [5.41, 5.74) is 3.98. The predicted molar refractivity (Wildman–Crippen MR) is 119 cm³/mol. The minimum atomic E-state index is -0.513. The number of hydrogen-bond acceptors (Lipinski definition) is 7. The van der Waals surface area contributed by atoms with Crippen molar-refractivity contribution >= 4 is 40.0 Å². The molecule has 1 amide bonds. The van der Waals surface area contributed by atoms with Crippen molar-refractivity contribution in [3.63, 3.8) is 0 Å². The molecule has 8 heteroatoms. The molecule has 6 nitrogen and oxygen atoms in total. The third kappa shape index (κ3) is 4.70. The number of benzene rings is 1. The summed E-state index contributed by atoms with van der Waals surface area (Å²) >= 11 is 2.46. The summed E-state index contributed by atoms with van der Waals surface area (Å²) in [5.74, 6) is -0.749. The second-order valence-electron chi connectivity index (χ2n) is 6.42. The Balaban J connectivity index is 1.80. The van der Waals surface area contributed by atoms with Gasteiger partial charge in [0.25, 0.3) is 0 Å². The number of aryl methyl sites for hydroxylation is 2. The number of carbonyl (C=O) groups is 2. The first kappa shape index (κ1) is 21.6. The highest BCUT2D eigenvalue weighted by atomic mass is 32.2. The van der Waals surface area contributed by atoms with Crippen LogP contribution in [0.25, 0.3) is 11.1 Å². The zero-order valence-corrected chi connectivity index (χ0v) is 18.3. The van der Waals surface area contributed by atoms with E-state index in [1.165, 1.54) is 30.2 Å². The van der Waals surface area contributed by atoms with Gasteiger partial charge in [-0.2, -0.15) is 5.26 Å². The predicted octanol–water partition coefficient (Wildman–Crippen LogP) is 4.82. The Hall–Kier alpha value is -3.15. The molecule has 0 radical (unpaired) electrons. The highest BCUT2D eigenvalue weighted by Crippen LogP contribution is 2.36. The van der Waals surface area contributed by atoms with Gasteiger partial charge in [0.15, 0.2) is 0 Å². The molecule has 0 aliphatic heterocycles. The zero-order valence-electron chi connectivity index (χ0n) is 16.7. The molecule has 3 aromatic rings. The molecule has 152 valence electrons. The van der Waals surface area contributed by atoms with E-state index in [1.54, 1.807) is 0 Å². The SMILES string of the molecule is COC(=O)c1c(-c2ccccc2)csc1NC(=O)CSc1nc(C)cc(C)c1C#N. The molecule has 0 bridgehead atoms. The summed E-state index contributed by atoms with van der Waals surface area (Å²) in [5, 5.41) is 14.9. The van der Waals surface area contributed by atoms with Crippen LogP contribution in [0.3, 0.4) is 0 Å². The first-order chi connectivity index (χ1) is 14.4. The first-order valence-electron chi connectivity index (χ1n) is 9.00. The molecule has 3 rings (SSSR count). The van der Waals surface area contributed by atoms with E-state index < -0.39 is 5.97 Å². The number of aromatic nitrogens is 1. The summed E-state index contributed by atoms with van der Waals surface area (Å²) in [6, 6.07) is 13.4. The van der Waals surface area contributed by atoms with Gasteiger partial charge in [0.05, 0.1) is 18.4 Å². The van der Waals surface area contributed by atoms with Crippen molar-refractivity contribution < 1.29 is 14.3 Å². The van der Waals surface area contributed by atoms with E-state index in [0.29, 0.717) is 26.7 Å². The van der Waals surface area contributed by atoms with E-state index in [-0.39, 0.29) is 11.7 Å². The van der Waals surface area contributed by atoms with Gasteiger partial charge < -0.3 is 10.1 Å². The molecule has 0 saturated carbocycles. The number of nitrogens with one attached hydrogen (secondary N) is 1. The Kier molecular flexibility index (Phi) is 6.87. The molecule has 0 atom stereocenters. The van der Waals surface area contributed by atoms with E-state index in [0.717, 1.165) is 16.8 Å². The van der Waals surface area contributed by atoms with Gasteiger partial charge in [-0.05, 0) is 31.0 Å². The zero-order chi connectivity index (χ0) is 21.7. The molecule has 1 aromatic carbocycles. The molecule has 0 aliphatic rings. The lowest BCUT2D eigenvalue weighted by molar-refractivity contribution is -0.113. The molecule has 1 N–H and O–H groups in total. The smallest absolute Gasteiger partial charge is 0.341 e. The van der Waals surface area contributed by atoms with Crippen molar-refractivity contribution in [2.24, 2.45) is 0 Å². The van der Waals surface area contributed by atoms with Gasteiger partial charge >= 0.3 is 5.97 Å². The van der Waals surface area contributed by atoms with Gasteiger partial charge in [-0.15, -0.1) is 11.3 Å². The number of methoxy groups -OCH3 is 1. The van der Waals surface area contributed by atoms with Gasteiger partial charge in [0, 0.05) is 16.6 Å². The van der Waals surface area contributed by atoms with Gasteiger partial charge in [0.2, 0.25) is 5.91 Å². The minimum Gasteiger partial charge on any atom is -0.465 e. The van der Waals surface area contributed by atoms with Crippen LogP contribution >= 0.6 is 23.1 Å². The summed E-state index contributed by atoms with van der Waals surface area (Å²) < 4.78 is 4.93. The summed E-state index contributed by atoms with van der Waals surface area (Å²) in [4.78, 5) is 29.3. The fraction of sp³-hybridized carbons (Fsp3) is 0.182. The number of pyridine rings is 1. The molecule has 0 saturated heterocycles. The van der Waals surface area contributed by atoms with E-state index in [2.05, 4.69) is 16.4 Å². The average Bonchev–Trinajstić information content (AvgIpc) is 3.15. The van der Waals surface area contributed by atoms with Crippen LogP contribution in [0, 0.1) is 25.2 Å². The second-order valence-corrected chi connectivity index (χ2v) is 8.26. The van der Waals surface area contributed by atoms with Crippen LogP contribution in [0.5, 0.6) is 0 Å². The monoisotopic (exact) mass is 437 g/mol. The molecular weight excluding hydrogens is 418 g/mol. The number of nitriles is 1. The number of ether oxygens (including phenoxy) is 1. The summed E-state index contributed by atoms with van der Waals surface area (Å²) in [6.07, 6.45) is 0. The normalized spacial score (nSPS) is 10.3. The van der Waals surface area contributed by atoms with Crippen LogP contribution < -0.4 is 5.32 Å².